The molecule has 0 aliphatic carbocycles. The van der Waals surface area contributed by atoms with E-state index in [4.69, 9.17) is 4.74 Å². The Balaban J connectivity index is 2.80. The Morgan fingerprint density at radius 2 is 1.71 bits per heavy atom. The lowest BCUT2D eigenvalue weighted by molar-refractivity contribution is -0.134. The minimum atomic E-state index is -0.525. The molecule has 1 rings (SSSR count). The van der Waals surface area contributed by atoms with Gasteiger partial charge in [0, 0.05) is 19.7 Å². The summed E-state index contributed by atoms with van der Waals surface area (Å²) >= 11 is 0. The molecule has 0 unspecified atom stereocenters. The van der Waals surface area contributed by atoms with E-state index in [0.717, 1.165) is 5.75 Å². The van der Waals surface area contributed by atoms with Crippen LogP contribution in [0.5, 0.6) is 5.75 Å². The maximum absolute atomic E-state index is 11.5. The van der Waals surface area contributed by atoms with E-state index < -0.39 is 11.7 Å². The second-order valence-corrected chi connectivity index (χ2v) is 4.08. The maximum Gasteiger partial charge on any atom is 0.293 e. The summed E-state index contributed by atoms with van der Waals surface area (Å²) in [5, 5.41) is 0. The van der Waals surface area contributed by atoms with Crippen LogP contribution in [-0.4, -0.2) is 24.8 Å². The quantitative estimate of drug-likeness (QED) is 0.750. The summed E-state index contributed by atoms with van der Waals surface area (Å²) in [7, 11) is 1.57. The van der Waals surface area contributed by atoms with Gasteiger partial charge in [0.15, 0.2) is 0 Å². The van der Waals surface area contributed by atoms with Crippen LogP contribution in [0.15, 0.2) is 24.3 Å². The molecule has 92 valence electrons. The second-order valence-electron chi connectivity index (χ2n) is 4.08. The van der Waals surface area contributed by atoms with Crippen molar-refractivity contribution in [2.75, 3.05) is 11.9 Å². The molecule has 17 heavy (non-hydrogen) atoms. The highest BCUT2D eigenvalue weighted by molar-refractivity contribution is 6.40. The number of ether oxygens (including phenoxy) is 1. The molecule has 0 saturated heterocycles. The molecule has 1 amide bonds. The number of carbonyl (C=O) groups is 2. The average molecular weight is 235 g/mol. The van der Waals surface area contributed by atoms with Crippen molar-refractivity contribution >= 4 is 17.4 Å². The Kier molecular flexibility index (Phi) is 4.26. The fraction of sp³-hybridized carbons (Fsp3) is 0.385. The number of benzene rings is 1. The summed E-state index contributed by atoms with van der Waals surface area (Å²) in [5.41, 5.74) is 0.668. The van der Waals surface area contributed by atoms with Gasteiger partial charge in [0.1, 0.15) is 5.75 Å². The van der Waals surface area contributed by atoms with E-state index in [1.165, 1.54) is 11.8 Å². The minimum Gasteiger partial charge on any atom is -0.491 e. The van der Waals surface area contributed by atoms with Crippen molar-refractivity contribution in [1.29, 1.82) is 0 Å². The van der Waals surface area contributed by atoms with Crippen LogP contribution in [0.2, 0.25) is 0 Å². The highest BCUT2D eigenvalue weighted by atomic mass is 16.5. The fourth-order valence-corrected chi connectivity index (χ4v) is 1.37. The van der Waals surface area contributed by atoms with Crippen LogP contribution < -0.4 is 9.64 Å². The van der Waals surface area contributed by atoms with Gasteiger partial charge in [0.25, 0.3) is 5.91 Å². The van der Waals surface area contributed by atoms with Crippen molar-refractivity contribution in [3.8, 4) is 5.75 Å². The summed E-state index contributed by atoms with van der Waals surface area (Å²) in [6, 6.07) is 7.05. The van der Waals surface area contributed by atoms with Crippen LogP contribution in [0.3, 0.4) is 0 Å². The van der Waals surface area contributed by atoms with Crippen LogP contribution in [-0.2, 0) is 9.59 Å². The van der Waals surface area contributed by atoms with E-state index in [1.807, 2.05) is 13.8 Å². The highest BCUT2D eigenvalue weighted by Gasteiger charge is 2.15. The van der Waals surface area contributed by atoms with Crippen molar-refractivity contribution < 1.29 is 14.3 Å². The maximum atomic E-state index is 11.5. The Morgan fingerprint density at radius 3 is 2.12 bits per heavy atom. The van der Waals surface area contributed by atoms with E-state index in [0.29, 0.717) is 5.69 Å². The van der Waals surface area contributed by atoms with E-state index in [-0.39, 0.29) is 6.10 Å². The van der Waals surface area contributed by atoms with Crippen LogP contribution in [0, 0.1) is 0 Å². The average Bonchev–Trinajstić information content (AvgIpc) is 2.27. The lowest BCUT2D eigenvalue weighted by atomic mass is 10.2. The predicted octanol–water partition coefficient (Wildman–Crippen LogP) is 2.03. The van der Waals surface area contributed by atoms with Gasteiger partial charge in [-0.05, 0) is 38.1 Å². The number of carbonyl (C=O) groups excluding carboxylic acids is 2. The van der Waals surface area contributed by atoms with E-state index >= 15 is 0 Å². The molecule has 0 radical (unpaired) electrons. The molecule has 0 saturated carbocycles. The third-order valence-electron chi connectivity index (χ3n) is 2.20. The number of hydrogen-bond donors (Lipinski definition) is 0. The zero-order valence-corrected chi connectivity index (χ0v) is 10.6. The lowest BCUT2D eigenvalue weighted by Crippen LogP contribution is -2.31. The monoisotopic (exact) mass is 235 g/mol. The molecular weight excluding hydrogens is 218 g/mol. The van der Waals surface area contributed by atoms with Gasteiger partial charge < -0.3 is 9.64 Å². The largest absolute Gasteiger partial charge is 0.491 e. The number of nitrogens with zero attached hydrogens (tertiary/aromatic N) is 1. The third kappa shape index (κ3) is 3.59. The molecule has 0 aliphatic rings. The van der Waals surface area contributed by atoms with Gasteiger partial charge in [-0.3, -0.25) is 9.59 Å². The van der Waals surface area contributed by atoms with Gasteiger partial charge in [-0.2, -0.15) is 0 Å². The molecule has 1 aromatic carbocycles. The first kappa shape index (κ1) is 13.2. The van der Waals surface area contributed by atoms with Gasteiger partial charge in [-0.1, -0.05) is 0 Å². The van der Waals surface area contributed by atoms with Crippen LogP contribution in [0.1, 0.15) is 20.8 Å². The minimum absolute atomic E-state index is 0.109. The first-order valence-electron chi connectivity index (χ1n) is 5.47. The van der Waals surface area contributed by atoms with Crippen molar-refractivity contribution in [1.82, 2.24) is 0 Å². The fourth-order valence-electron chi connectivity index (χ4n) is 1.37. The summed E-state index contributed by atoms with van der Waals surface area (Å²) < 4.78 is 5.49. The summed E-state index contributed by atoms with van der Waals surface area (Å²) in [4.78, 5) is 23.7. The van der Waals surface area contributed by atoms with Gasteiger partial charge in [0.05, 0.1) is 6.10 Å². The first-order valence-corrected chi connectivity index (χ1v) is 5.47. The molecule has 0 fully saturated rings. The molecule has 4 heteroatoms. The molecular formula is C13H17NO3. The SMILES string of the molecule is CC(=O)C(=O)N(C)c1ccc(OC(C)C)cc1. The molecule has 1 aromatic rings. The van der Waals surface area contributed by atoms with Gasteiger partial charge in [-0.15, -0.1) is 0 Å². The summed E-state index contributed by atoms with van der Waals surface area (Å²) in [5.74, 6) is -0.259. The zero-order valence-electron chi connectivity index (χ0n) is 10.6. The standard InChI is InChI=1S/C13H17NO3/c1-9(2)17-12-7-5-11(6-8-12)14(4)13(16)10(3)15/h5-9H,1-4H3. The zero-order chi connectivity index (χ0) is 13.0. The number of likely N-dealkylation sites (N-methyl/N-ethyl adjacent to an activating group) is 1. The number of rotatable bonds is 4. The van der Waals surface area contributed by atoms with Crippen LogP contribution >= 0.6 is 0 Å². The molecule has 0 aliphatic heterocycles. The van der Waals surface area contributed by atoms with Gasteiger partial charge in [-0.25, -0.2) is 0 Å². The molecule has 0 heterocycles. The molecule has 0 bridgehead atoms. The number of amides is 1. The van der Waals surface area contributed by atoms with Crippen molar-refractivity contribution in [3.63, 3.8) is 0 Å². The van der Waals surface area contributed by atoms with Crippen molar-refractivity contribution in [2.24, 2.45) is 0 Å². The normalized spacial score (nSPS) is 10.2. The van der Waals surface area contributed by atoms with Crippen LogP contribution in [0.4, 0.5) is 5.69 Å². The third-order valence-corrected chi connectivity index (χ3v) is 2.20. The highest BCUT2D eigenvalue weighted by Crippen LogP contribution is 2.19. The van der Waals surface area contributed by atoms with E-state index in [9.17, 15) is 9.59 Å². The van der Waals surface area contributed by atoms with Crippen molar-refractivity contribution in [3.05, 3.63) is 24.3 Å². The lowest BCUT2D eigenvalue weighted by Gasteiger charge is -2.16. The predicted molar refractivity (Wildman–Crippen MR) is 66.3 cm³/mol. The Morgan fingerprint density at radius 1 is 1.18 bits per heavy atom. The molecule has 4 nitrogen and oxygen atoms in total. The summed E-state index contributed by atoms with van der Waals surface area (Å²) in [6.07, 6.45) is 0.109. The van der Waals surface area contributed by atoms with Gasteiger partial charge in [0.2, 0.25) is 5.78 Å². The van der Waals surface area contributed by atoms with E-state index in [1.54, 1.807) is 31.3 Å². The Bertz CT molecular complexity index is 409. The number of hydrogen-bond acceptors (Lipinski definition) is 3. The van der Waals surface area contributed by atoms with Gasteiger partial charge >= 0.3 is 0 Å². The molecule has 0 aromatic heterocycles. The smallest absolute Gasteiger partial charge is 0.293 e. The number of ketones is 1. The number of anilines is 1. The molecule has 0 atom stereocenters. The van der Waals surface area contributed by atoms with Crippen LogP contribution in [0.25, 0.3) is 0 Å². The first-order chi connectivity index (χ1) is 7.91. The topological polar surface area (TPSA) is 46.6 Å². The second kappa shape index (κ2) is 5.48. The number of Topliss-reactive ketones (excluding diaryl/α,β-unsaturated/α-hetero) is 1. The molecule has 0 spiro atoms. The molecule has 0 N–H and O–H groups in total. The van der Waals surface area contributed by atoms with E-state index in [2.05, 4.69) is 0 Å². The Labute approximate surface area is 101 Å². The summed E-state index contributed by atoms with van der Waals surface area (Å²) in [6.45, 7) is 5.15. The van der Waals surface area contributed by atoms with Crippen molar-refractivity contribution in [2.45, 2.75) is 26.9 Å². The Hall–Kier alpha value is -1.84.